The van der Waals surface area contributed by atoms with Crippen LogP contribution in [-0.2, 0) is 11.3 Å². The number of hydrogen-bond acceptors (Lipinski definition) is 5. The Kier molecular flexibility index (Phi) is 5.53. The van der Waals surface area contributed by atoms with E-state index in [0.717, 1.165) is 30.3 Å². The molecule has 2 heterocycles. The van der Waals surface area contributed by atoms with Crippen LogP contribution in [0.2, 0.25) is 0 Å². The number of aromatic nitrogens is 2. The maximum atomic E-state index is 13.2. The zero-order valence-corrected chi connectivity index (χ0v) is 17.0. The van der Waals surface area contributed by atoms with Crippen molar-refractivity contribution in [2.24, 2.45) is 0 Å². The number of fused-ring (bicyclic) bond motifs is 1. The number of nitrogens with zero attached hydrogens (tertiary/aromatic N) is 2. The molecular weight excluding hydrogens is 390 g/mol. The van der Waals surface area contributed by atoms with E-state index in [1.807, 2.05) is 6.92 Å². The third-order valence-electron chi connectivity index (χ3n) is 5.18. The Morgan fingerprint density at radius 3 is 2.59 bits per heavy atom. The predicted molar refractivity (Wildman–Crippen MR) is 113 cm³/mol. The maximum absolute atomic E-state index is 13.2. The fourth-order valence-electron chi connectivity index (χ4n) is 3.81. The Balaban J connectivity index is 1.74. The van der Waals surface area contributed by atoms with Gasteiger partial charge in [0.05, 0.1) is 17.8 Å². The molecule has 1 N–H and O–H groups in total. The molecule has 4 rings (SSSR count). The minimum Gasteiger partial charge on any atom is -0.494 e. The monoisotopic (exact) mass is 413 g/mol. The first kappa shape index (κ1) is 19.4. The average molecular weight is 413 g/mol. The molecule has 1 aliphatic rings. The summed E-state index contributed by atoms with van der Waals surface area (Å²) in [6.07, 6.45) is 4.17. The first-order valence-electron chi connectivity index (χ1n) is 9.84. The van der Waals surface area contributed by atoms with Gasteiger partial charge in [-0.2, -0.15) is 0 Å². The number of ether oxygens (including phenoxy) is 1. The first-order valence-corrected chi connectivity index (χ1v) is 10.7. The van der Waals surface area contributed by atoms with Crippen LogP contribution in [0, 0.1) is 0 Å². The van der Waals surface area contributed by atoms with Gasteiger partial charge in [-0.25, -0.2) is 9.36 Å². The minimum atomic E-state index is -0.522. The van der Waals surface area contributed by atoms with Gasteiger partial charge in [-0.15, -0.1) is 11.3 Å². The summed E-state index contributed by atoms with van der Waals surface area (Å²) in [6.45, 7) is 2.31. The summed E-state index contributed by atoms with van der Waals surface area (Å²) in [5.74, 6) is 0.459. The number of carbonyl (C=O) groups excluding carboxylic acids is 1. The Hall–Kier alpha value is -2.87. The van der Waals surface area contributed by atoms with Crippen LogP contribution in [-0.4, -0.2) is 27.7 Å². The second-order valence-corrected chi connectivity index (χ2v) is 8.04. The highest BCUT2D eigenvalue weighted by atomic mass is 32.1. The van der Waals surface area contributed by atoms with E-state index in [1.165, 1.54) is 15.9 Å². The molecule has 152 valence electrons. The number of thiophene rings is 1. The molecule has 0 atom stereocenters. The molecule has 8 heteroatoms. The van der Waals surface area contributed by atoms with Gasteiger partial charge in [0.2, 0.25) is 5.91 Å². The Morgan fingerprint density at radius 1 is 1.17 bits per heavy atom. The van der Waals surface area contributed by atoms with E-state index in [-0.39, 0.29) is 24.1 Å². The molecule has 2 aromatic heterocycles. The fraction of sp³-hybridized carbons (Fsp3) is 0.381. The van der Waals surface area contributed by atoms with Crippen LogP contribution in [0.5, 0.6) is 5.75 Å². The van der Waals surface area contributed by atoms with Crippen molar-refractivity contribution in [1.29, 1.82) is 0 Å². The molecular formula is C21H23N3O4S. The van der Waals surface area contributed by atoms with Gasteiger partial charge in [0.15, 0.2) is 0 Å². The summed E-state index contributed by atoms with van der Waals surface area (Å²) in [5, 5.41) is 4.77. The van der Waals surface area contributed by atoms with Crippen molar-refractivity contribution in [3.8, 4) is 11.4 Å². The van der Waals surface area contributed by atoms with Crippen LogP contribution in [0.15, 0.2) is 45.3 Å². The van der Waals surface area contributed by atoms with Gasteiger partial charge >= 0.3 is 5.69 Å². The van der Waals surface area contributed by atoms with Crippen molar-refractivity contribution in [1.82, 2.24) is 14.5 Å². The lowest BCUT2D eigenvalue weighted by Gasteiger charge is -2.15. The minimum absolute atomic E-state index is 0.111. The molecule has 1 fully saturated rings. The van der Waals surface area contributed by atoms with E-state index in [9.17, 15) is 14.4 Å². The smallest absolute Gasteiger partial charge is 0.336 e. The van der Waals surface area contributed by atoms with Gasteiger partial charge in [-0.1, -0.05) is 12.8 Å². The van der Waals surface area contributed by atoms with Crippen LogP contribution in [0.1, 0.15) is 32.6 Å². The van der Waals surface area contributed by atoms with Crippen LogP contribution in [0.3, 0.4) is 0 Å². The van der Waals surface area contributed by atoms with Crippen molar-refractivity contribution < 1.29 is 9.53 Å². The molecule has 0 unspecified atom stereocenters. The van der Waals surface area contributed by atoms with E-state index in [4.69, 9.17) is 4.74 Å². The van der Waals surface area contributed by atoms with E-state index in [2.05, 4.69) is 5.32 Å². The Labute approximate surface area is 171 Å². The van der Waals surface area contributed by atoms with Crippen molar-refractivity contribution in [2.45, 2.75) is 45.2 Å². The number of benzene rings is 1. The summed E-state index contributed by atoms with van der Waals surface area (Å²) < 4.78 is 8.39. The van der Waals surface area contributed by atoms with Gasteiger partial charge in [-0.05, 0) is 55.5 Å². The van der Waals surface area contributed by atoms with Crippen molar-refractivity contribution >= 4 is 27.5 Å². The van der Waals surface area contributed by atoms with E-state index < -0.39 is 5.69 Å². The van der Waals surface area contributed by atoms with Crippen molar-refractivity contribution in [3.05, 3.63) is 56.5 Å². The van der Waals surface area contributed by atoms with Gasteiger partial charge in [-0.3, -0.25) is 14.2 Å². The van der Waals surface area contributed by atoms with Crippen LogP contribution < -0.4 is 21.3 Å². The highest BCUT2D eigenvalue weighted by Crippen LogP contribution is 2.19. The van der Waals surface area contributed by atoms with Gasteiger partial charge in [0.25, 0.3) is 5.56 Å². The molecule has 0 radical (unpaired) electrons. The topological polar surface area (TPSA) is 82.3 Å². The Morgan fingerprint density at radius 2 is 1.90 bits per heavy atom. The van der Waals surface area contributed by atoms with Gasteiger partial charge in [0, 0.05) is 6.04 Å². The summed E-state index contributed by atoms with van der Waals surface area (Å²) in [6, 6.07) is 8.69. The summed E-state index contributed by atoms with van der Waals surface area (Å²) in [4.78, 5) is 38.7. The second-order valence-electron chi connectivity index (χ2n) is 7.12. The zero-order chi connectivity index (χ0) is 20.4. The standard InChI is InChI=1S/C21H23N3O4S/c1-2-28-16-9-7-15(8-10-16)24-20(26)19-17(11-12-29-19)23(21(24)27)13-18(25)22-14-5-3-4-6-14/h7-12,14H,2-6,13H2,1H3,(H,22,25). The quantitative estimate of drug-likeness (QED) is 0.674. The molecule has 0 saturated heterocycles. The number of rotatable bonds is 6. The van der Waals surface area contributed by atoms with E-state index in [0.29, 0.717) is 28.3 Å². The lowest BCUT2D eigenvalue weighted by Crippen LogP contribution is -2.42. The van der Waals surface area contributed by atoms with Gasteiger partial charge in [0.1, 0.15) is 17.0 Å². The summed E-state index contributed by atoms with van der Waals surface area (Å²) in [5.41, 5.74) is 0.0423. The third-order valence-corrected chi connectivity index (χ3v) is 6.07. The van der Waals surface area contributed by atoms with Crippen LogP contribution >= 0.6 is 11.3 Å². The van der Waals surface area contributed by atoms with Crippen molar-refractivity contribution in [2.75, 3.05) is 6.61 Å². The largest absolute Gasteiger partial charge is 0.494 e. The molecule has 0 spiro atoms. The molecule has 1 aliphatic carbocycles. The Bertz CT molecular complexity index is 1140. The lowest BCUT2D eigenvalue weighted by atomic mass is 10.2. The molecule has 7 nitrogen and oxygen atoms in total. The molecule has 29 heavy (non-hydrogen) atoms. The average Bonchev–Trinajstić information content (AvgIpc) is 3.39. The summed E-state index contributed by atoms with van der Waals surface area (Å²) >= 11 is 1.27. The van der Waals surface area contributed by atoms with Gasteiger partial charge < -0.3 is 10.1 Å². The first-order chi connectivity index (χ1) is 14.1. The number of amides is 1. The predicted octanol–water partition coefficient (Wildman–Crippen LogP) is 2.67. The highest BCUT2D eigenvalue weighted by Gasteiger charge is 2.20. The number of carbonyl (C=O) groups is 1. The number of nitrogens with one attached hydrogen (secondary N) is 1. The zero-order valence-electron chi connectivity index (χ0n) is 16.2. The SMILES string of the molecule is CCOc1ccc(-n2c(=O)c3sccc3n(CC(=O)NC3CCCC3)c2=O)cc1. The molecule has 1 amide bonds. The normalized spacial score (nSPS) is 14.4. The van der Waals surface area contributed by atoms with E-state index in [1.54, 1.807) is 35.7 Å². The molecule has 1 saturated carbocycles. The maximum Gasteiger partial charge on any atom is 0.336 e. The highest BCUT2D eigenvalue weighted by molar-refractivity contribution is 7.17. The molecule has 1 aromatic carbocycles. The molecule has 0 bridgehead atoms. The van der Waals surface area contributed by atoms with Crippen LogP contribution in [0.25, 0.3) is 15.9 Å². The lowest BCUT2D eigenvalue weighted by molar-refractivity contribution is -0.122. The number of hydrogen-bond donors (Lipinski definition) is 1. The molecule has 0 aliphatic heterocycles. The van der Waals surface area contributed by atoms with Crippen molar-refractivity contribution in [3.63, 3.8) is 0 Å². The van der Waals surface area contributed by atoms with Crippen LogP contribution in [0.4, 0.5) is 0 Å². The summed E-state index contributed by atoms with van der Waals surface area (Å²) in [7, 11) is 0. The third kappa shape index (κ3) is 3.85. The second kappa shape index (κ2) is 8.24. The van der Waals surface area contributed by atoms with E-state index >= 15 is 0 Å². The molecule has 3 aromatic rings. The fourth-order valence-corrected chi connectivity index (χ4v) is 4.64.